The van der Waals surface area contributed by atoms with Crippen LogP contribution in [0.4, 0.5) is 5.69 Å². The summed E-state index contributed by atoms with van der Waals surface area (Å²) in [5.74, 6) is -0.236. The molecule has 0 unspecified atom stereocenters. The van der Waals surface area contributed by atoms with Gasteiger partial charge in [0, 0.05) is 11.7 Å². The van der Waals surface area contributed by atoms with Crippen LogP contribution in [0.15, 0.2) is 42.6 Å². The molecule has 2 aromatic rings. The second-order valence-electron chi connectivity index (χ2n) is 7.41. The van der Waals surface area contributed by atoms with Crippen LogP contribution in [0.1, 0.15) is 36.7 Å². The number of amides is 1. The highest BCUT2D eigenvalue weighted by Crippen LogP contribution is 2.33. The molecule has 8 heteroatoms. The Morgan fingerprint density at radius 2 is 1.96 bits per heavy atom. The molecule has 7 nitrogen and oxygen atoms in total. The van der Waals surface area contributed by atoms with Crippen LogP contribution in [0.5, 0.6) is 5.88 Å². The van der Waals surface area contributed by atoms with E-state index in [4.69, 9.17) is 4.74 Å². The standard InChI is InChI=1S/C19H23N3O4S/c1-19(2,3)21-17(23)15-11-16-18(20-12-15)26-10-9-22(16)27(24,25)13-14-7-5-4-6-8-14/h4-8,11-12H,9-10,13H2,1-3H3,(H,21,23). The molecule has 1 aromatic heterocycles. The van der Waals surface area contributed by atoms with Gasteiger partial charge < -0.3 is 10.1 Å². The Hall–Kier alpha value is -2.61. The Morgan fingerprint density at radius 3 is 2.63 bits per heavy atom. The Kier molecular flexibility index (Phi) is 5.10. The molecule has 3 rings (SSSR count). The number of hydrogen-bond donors (Lipinski definition) is 1. The van der Waals surface area contributed by atoms with Crippen LogP contribution >= 0.6 is 0 Å². The molecule has 1 aliphatic rings. The number of rotatable bonds is 4. The van der Waals surface area contributed by atoms with Gasteiger partial charge in [0.05, 0.1) is 17.9 Å². The highest BCUT2D eigenvalue weighted by atomic mass is 32.2. The zero-order valence-corrected chi connectivity index (χ0v) is 16.4. The Labute approximate surface area is 159 Å². The van der Waals surface area contributed by atoms with Crippen molar-refractivity contribution in [2.75, 3.05) is 17.5 Å². The third-order valence-electron chi connectivity index (χ3n) is 3.91. The van der Waals surface area contributed by atoms with Gasteiger partial charge in [0.15, 0.2) is 0 Å². The predicted octanol–water partition coefficient (Wildman–Crippen LogP) is 2.34. The average molecular weight is 389 g/mol. The van der Waals surface area contributed by atoms with Gasteiger partial charge >= 0.3 is 0 Å². The van der Waals surface area contributed by atoms with Crippen LogP contribution in [-0.2, 0) is 15.8 Å². The quantitative estimate of drug-likeness (QED) is 0.867. The molecule has 0 aliphatic carbocycles. The normalized spacial score (nSPS) is 14.3. The summed E-state index contributed by atoms with van der Waals surface area (Å²) in [6.45, 7) is 6.00. The number of carbonyl (C=O) groups is 1. The summed E-state index contributed by atoms with van der Waals surface area (Å²) in [4.78, 5) is 16.6. The molecular weight excluding hydrogens is 366 g/mol. The first-order valence-corrected chi connectivity index (χ1v) is 10.3. The van der Waals surface area contributed by atoms with E-state index in [9.17, 15) is 13.2 Å². The number of nitrogens with one attached hydrogen (secondary N) is 1. The topological polar surface area (TPSA) is 88.6 Å². The minimum Gasteiger partial charge on any atom is -0.474 e. The van der Waals surface area contributed by atoms with Crippen molar-refractivity contribution >= 4 is 21.6 Å². The van der Waals surface area contributed by atoms with E-state index in [0.29, 0.717) is 11.3 Å². The van der Waals surface area contributed by atoms with Crippen LogP contribution in [0.2, 0.25) is 0 Å². The van der Waals surface area contributed by atoms with E-state index in [1.165, 1.54) is 16.6 Å². The summed E-state index contributed by atoms with van der Waals surface area (Å²) < 4.78 is 32.7. The fraction of sp³-hybridized carbons (Fsp3) is 0.368. The first-order valence-electron chi connectivity index (χ1n) is 8.65. The lowest BCUT2D eigenvalue weighted by Gasteiger charge is -2.30. The first-order chi connectivity index (χ1) is 12.7. The molecule has 0 radical (unpaired) electrons. The molecule has 2 heterocycles. The summed E-state index contributed by atoms with van der Waals surface area (Å²) in [6, 6.07) is 10.5. The Bertz CT molecular complexity index is 937. The number of pyridine rings is 1. The molecule has 144 valence electrons. The monoisotopic (exact) mass is 389 g/mol. The number of fused-ring (bicyclic) bond motifs is 1. The number of ether oxygens (including phenoxy) is 1. The lowest BCUT2D eigenvalue weighted by Crippen LogP contribution is -2.41. The van der Waals surface area contributed by atoms with Gasteiger partial charge in [-0.05, 0) is 32.4 Å². The van der Waals surface area contributed by atoms with Crippen molar-refractivity contribution in [3.05, 3.63) is 53.7 Å². The minimum atomic E-state index is -3.65. The Morgan fingerprint density at radius 1 is 1.26 bits per heavy atom. The van der Waals surface area contributed by atoms with Gasteiger partial charge in [-0.15, -0.1) is 0 Å². The molecular formula is C19H23N3O4S. The largest absolute Gasteiger partial charge is 0.474 e. The second kappa shape index (κ2) is 7.19. The predicted molar refractivity (Wildman–Crippen MR) is 103 cm³/mol. The summed E-state index contributed by atoms with van der Waals surface area (Å²) in [7, 11) is -3.65. The Balaban J connectivity index is 1.92. The zero-order chi connectivity index (χ0) is 19.7. The van der Waals surface area contributed by atoms with Crippen LogP contribution in [-0.4, -0.2) is 38.0 Å². The van der Waals surface area contributed by atoms with Gasteiger partial charge in [0.25, 0.3) is 5.91 Å². The second-order valence-corrected chi connectivity index (χ2v) is 9.31. The van der Waals surface area contributed by atoms with E-state index in [-0.39, 0.29) is 36.3 Å². The number of nitrogens with zero attached hydrogens (tertiary/aromatic N) is 2. The van der Waals surface area contributed by atoms with Gasteiger partial charge in [0.2, 0.25) is 15.9 Å². The molecule has 0 spiro atoms. The molecule has 0 fully saturated rings. The number of anilines is 1. The summed E-state index contributed by atoms with van der Waals surface area (Å²) in [6.07, 6.45) is 1.40. The van der Waals surface area contributed by atoms with Gasteiger partial charge in [-0.25, -0.2) is 13.4 Å². The van der Waals surface area contributed by atoms with Crippen molar-refractivity contribution in [3.8, 4) is 5.88 Å². The highest BCUT2D eigenvalue weighted by Gasteiger charge is 2.30. The summed E-state index contributed by atoms with van der Waals surface area (Å²) >= 11 is 0. The smallest absolute Gasteiger partial charge is 0.253 e. The first kappa shape index (κ1) is 19.2. The van der Waals surface area contributed by atoms with Crippen LogP contribution < -0.4 is 14.4 Å². The molecule has 0 atom stereocenters. The average Bonchev–Trinajstić information content (AvgIpc) is 2.59. The number of hydrogen-bond acceptors (Lipinski definition) is 5. The van der Waals surface area contributed by atoms with Crippen molar-refractivity contribution in [2.24, 2.45) is 0 Å². The lowest BCUT2D eigenvalue weighted by atomic mass is 10.1. The number of sulfonamides is 1. The molecule has 1 aromatic carbocycles. The van der Waals surface area contributed by atoms with Crippen molar-refractivity contribution in [3.63, 3.8) is 0 Å². The molecule has 0 saturated carbocycles. The molecule has 27 heavy (non-hydrogen) atoms. The summed E-state index contributed by atoms with van der Waals surface area (Å²) in [5, 5.41) is 2.85. The van der Waals surface area contributed by atoms with Gasteiger partial charge in [-0.2, -0.15) is 0 Å². The maximum Gasteiger partial charge on any atom is 0.253 e. The van der Waals surface area contributed by atoms with E-state index in [1.54, 1.807) is 24.3 Å². The molecule has 0 bridgehead atoms. The molecule has 0 saturated heterocycles. The summed E-state index contributed by atoms with van der Waals surface area (Å²) in [5.41, 5.74) is 0.857. The van der Waals surface area contributed by atoms with Gasteiger partial charge in [-0.1, -0.05) is 30.3 Å². The van der Waals surface area contributed by atoms with Crippen molar-refractivity contribution in [1.29, 1.82) is 0 Å². The molecule has 1 aliphatic heterocycles. The highest BCUT2D eigenvalue weighted by molar-refractivity contribution is 7.92. The van der Waals surface area contributed by atoms with E-state index in [0.717, 1.165) is 0 Å². The fourth-order valence-corrected chi connectivity index (χ4v) is 4.32. The zero-order valence-electron chi connectivity index (χ0n) is 15.6. The van der Waals surface area contributed by atoms with E-state index in [1.807, 2.05) is 26.8 Å². The fourth-order valence-electron chi connectivity index (χ4n) is 2.76. The van der Waals surface area contributed by atoms with Crippen molar-refractivity contribution < 1.29 is 17.9 Å². The number of benzene rings is 1. The van der Waals surface area contributed by atoms with Crippen LogP contribution in [0.25, 0.3) is 0 Å². The van der Waals surface area contributed by atoms with E-state index in [2.05, 4.69) is 10.3 Å². The number of carbonyl (C=O) groups excluding carboxylic acids is 1. The SMILES string of the molecule is CC(C)(C)NC(=O)c1cnc2c(c1)N(S(=O)(=O)Cc1ccccc1)CCO2. The van der Waals surface area contributed by atoms with Gasteiger partial charge in [0.1, 0.15) is 12.3 Å². The third-order valence-corrected chi connectivity index (χ3v) is 5.66. The minimum absolute atomic E-state index is 0.133. The lowest BCUT2D eigenvalue weighted by molar-refractivity contribution is 0.0919. The van der Waals surface area contributed by atoms with Crippen molar-refractivity contribution in [2.45, 2.75) is 32.1 Å². The van der Waals surface area contributed by atoms with E-state index >= 15 is 0 Å². The number of aromatic nitrogens is 1. The maximum absolute atomic E-state index is 13.0. The molecule has 1 amide bonds. The van der Waals surface area contributed by atoms with Gasteiger partial charge in [-0.3, -0.25) is 9.10 Å². The van der Waals surface area contributed by atoms with Crippen molar-refractivity contribution in [1.82, 2.24) is 10.3 Å². The van der Waals surface area contributed by atoms with E-state index < -0.39 is 15.6 Å². The maximum atomic E-state index is 13.0. The van der Waals surface area contributed by atoms with Crippen LogP contribution in [0, 0.1) is 0 Å². The third kappa shape index (κ3) is 4.57. The molecule has 1 N–H and O–H groups in total. The van der Waals surface area contributed by atoms with Crippen LogP contribution in [0.3, 0.4) is 0 Å².